The Hall–Kier alpha value is -2.29. The number of carbonyl (C=O) groups is 1. The van der Waals surface area contributed by atoms with Crippen LogP contribution in [-0.2, 0) is 6.54 Å². The molecule has 0 saturated heterocycles. The van der Waals surface area contributed by atoms with Gasteiger partial charge < -0.3 is 10.1 Å². The van der Waals surface area contributed by atoms with Crippen molar-refractivity contribution < 1.29 is 9.53 Å². The van der Waals surface area contributed by atoms with Gasteiger partial charge in [-0.3, -0.25) is 4.79 Å². The average molecular weight is 269 g/mol. The minimum Gasteiger partial charge on any atom is -0.496 e. The Morgan fingerprint density at radius 3 is 2.45 bits per heavy atom. The van der Waals surface area contributed by atoms with Gasteiger partial charge in [0.15, 0.2) is 0 Å². The number of carbonyl (C=O) groups excluding carboxylic acids is 1. The first-order valence-electron chi connectivity index (χ1n) is 6.58. The number of rotatable bonds is 4. The third-order valence-corrected chi connectivity index (χ3v) is 3.24. The molecule has 1 amide bonds. The molecule has 20 heavy (non-hydrogen) atoms. The highest BCUT2D eigenvalue weighted by Gasteiger charge is 2.08. The first-order valence-corrected chi connectivity index (χ1v) is 6.58. The lowest BCUT2D eigenvalue weighted by Crippen LogP contribution is -2.22. The SMILES string of the molecule is COc1cc(C(=O)NCc2ccc(C)cc2)ccc1C. The van der Waals surface area contributed by atoms with E-state index in [-0.39, 0.29) is 5.91 Å². The maximum absolute atomic E-state index is 12.1. The van der Waals surface area contributed by atoms with Gasteiger partial charge in [-0.25, -0.2) is 0 Å². The molecule has 0 heterocycles. The fourth-order valence-corrected chi connectivity index (χ4v) is 1.95. The quantitative estimate of drug-likeness (QED) is 0.925. The lowest BCUT2D eigenvalue weighted by atomic mass is 10.1. The van der Waals surface area contributed by atoms with E-state index in [0.29, 0.717) is 12.1 Å². The smallest absolute Gasteiger partial charge is 0.251 e. The fraction of sp³-hybridized carbons (Fsp3) is 0.235. The summed E-state index contributed by atoms with van der Waals surface area (Å²) in [6.45, 7) is 4.52. The van der Waals surface area contributed by atoms with Crippen LogP contribution in [-0.4, -0.2) is 13.0 Å². The Balaban J connectivity index is 2.03. The Kier molecular flexibility index (Phi) is 4.41. The molecule has 0 aliphatic carbocycles. The lowest BCUT2D eigenvalue weighted by molar-refractivity contribution is 0.0950. The zero-order valence-electron chi connectivity index (χ0n) is 12.1. The van der Waals surface area contributed by atoms with Crippen LogP contribution in [0.5, 0.6) is 5.75 Å². The van der Waals surface area contributed by atoms with E-state index in [0.717, 1.165) is 16.9 Å². The molecule has 0 saturated carbocycles. The Bertz CT molecular complexity index is 603. The van der Waals surface area contributed by atoms with E-state index in [1.807, 2.05) is 50.2 Å². The predicted octanol–water partition coefficient (Wildman–Crippen LogP) is 3.24. The molecule has 104 valence electrons. The topological polar surface area (TPSA) is 38.3 Å². The summed E-state index contributed by atoms with van der Waals surface area (Å²) in [7, 11) is 1.61. The highest BCUT2D eigenvalue weighted by Crippen LogP contribution is 2.18. The van der Waals surface area contributed by atoms with Crippen molar-refractivity contribution in [2.24, 2.45) is 0 Å². The van der Waals surface area contributed by atoms with Crippen molar-refractivity contribution in [1.82, 2.24) is 5.32 Å². The minimum absolute atomic E-state index is 0.0936. The molecule has 2 aromatic rings. The van der Waals surface area contributed by atoms with Gasteiger partial charge in [-0.05, 0) is 37.1 Å². The first kappa shape index (κ1) is 14.1. The van der Waals surface area contributed by atoms with Gasteiger partial charge in [0.05, 0.1) is 7.11 Å². The van der Waals surface area contributed by atoms with Crippen molar-refractivity contribution in [2.75, 3.05) is 7.11 Å². The molecule has 0 aliphatic heterocycles. The Morgan fingerprint density at radius 2 is 1.80 bits per heavy atom. The van der Waals surface area contributed by atoms with Gasteiger partial charge in [0.25, 0.3) is 5.91 Å². The number of methoxy groups -OCH3 is 1. The highest BCUT2D eigenvalue weighted by atomic mass is 16.5. The highest BCUT2D eigenvalue weighted by molar-refractivity contribution is 5.94. The van der Waals surface area contributed by atoms with E-state index in [9.17, 15) is 4.79 Å². The molecule has 3 heteroatoms. The van der Waals surface area contributed by atoms with E-state index in [4.69, 9.17) is 4.74 Å². The zero-order chi connectivity index (χ0) is 14.5. The van der Waals surface area contributed by atoms with Crippen LogP contribution in [0.2, 0.25) is 0 Å². The molecule has 0 bridgehead atoms. The molecule has 0 radical (unpaired) electrons. The summed E-state index contributed by atoms with van der Waals surface area (Å²) >= 11 is 0. The van der Waals surface area contributed by atoms with Crippen molar-refractivity contribution in [3.8, 4) is 5.75 Å². The van der Waals surface area contributed by atoms with Crippen LogP contribution in [0.3, 0.4) is 0 Å². The molecule has 0 aromatic heterocycles. The molecule has 0 aliphatic rings. The molecule has 1 N–H and O–H groups in total. The molecular weight excluding hydrogens is 250 g/mol. The number of aryl methyl sites for hydroxylation is 2. The summed E-state index contributed by atoms with van der Waals surface area (Å²) in [4.78, 5) is 12.1. The summed E-state index contributed by atoms with van der Waals surface area (Å²) in [6.07, 6.45) is 0. The largest absolute Gasteiger partial charge is 0.496 e. The molecule has 3 nitrogen and oxygen atoms in total. The van der Waals surface area contributed by atoms with Gasteiger partial charge in [-0.1, -0.05) is 35.9 Å². The normalized spacial score (nSPS) is 10.2. The van der Waals surface area contributed by atoms with Crippen molar-refractivity contribution in [3.63, 3.8) is 0 Å². The van der Waals surface area contributed by atoms with E-state index in [1.165, 1.54) is 5.56 Å². The Labute approximate surface area is 119 Å². The number of hydrogen-bond acceptors (Lipinski definition) is 2. The van der Waals surface area contributed by atoms with Gasteiger partial charge in [0.1, 0.15) is 5.75 Å². The van der Waals surface area contributed by atoms with Crippen LogP contribution >= 0.6 is 0 Å². The molecule has 2 aromatic carbocycles. The molecule has 0 spiro atoms. The number of benzene rings is 2. The van der Waals surface area contributed by atoms with Gasteiger partial charge in [-0.15, -0.1) is 0 Å². The van der Waals surface area contributed by atoms with Gasteiger partial charge >= 0.3 is 0 Å². The monoisotopic (exact) mass is 269 g/mol. The summed E-state index contributed by atoms with van der Waals surface area (Å²) in [5.74, 6) is 0.636. The van der Waals surface area contributed by atoms with Crippen molar-refractivity contribution in [1.29, 1.82) is 0 Å². The fourth-order valence-electron chi connectivity index (χ4n) is 1.95. The third kappa shape index (κ3) is 3.38. The average Bonchev–Trinajstić information content (AvgIpc) is 2.47. The van der Waals surface area contributed by atoms with E-state index >= 15 is 0 Å². The molecular formula is C17H19NO2. The second-order valence-corrected chi connectivity index (χ2v) is 4.85. The van der Waals surface area contributed by atoms with E-state index in [1.54, 1.807) is 13.2 Å². The second kappa shape index (κ2) is 6.24. The number of hydrogen-bond donors (Lipinski definition) is 1. The summed E-state index contributed by atoms with van der Waals surface area (Å²) in [6, 6.07) is 13.6. The van der Waals surface area contributed by atoms with Crippen LogP contribution in [0.4, 0.5) is 0 Å². The summed E-state index contributed by atoms with van der Waals surface area (Å²) in [5, 5.41) is 2.91. The maximum Gasteiger partial charge on any atom is 0.251 e. The van der Waals surface area contributed by atoms with Gasteiger partial charge in [-0.2, -0.15) is 0 Å². The standard InChI is InChI=1S/C17H19NO2/c1-12-4-7-14(8-5-12)11-18-17(19)15-9-6-13(2)16(10-15)20-3/h4-10H,11H2,1-3H3,(H,18,19). The molecule has 0 fully saturated rings. The predicted molar refractivity (Wildman–Crippen MR) is 80.1 cm³/mol. The molecule has 0 unspecified atom stereocenters. The van der Waals surface area contributed by atoms with Gasteiger partial charge in [0.2, 0.25) is 0 Å². The van der Waals surface area contributed by atoms with Crippen LogP contribution in [0.1, 0.15) is 27.0 Å². The molecule has 2 rings (SSSR count). The number of ether oxygens (including phenoxy) is 1. The third-order valence-electron chi connectivity index (χ3n) is 3.24. The van der Waals surface area contributed by atoms with E-state index in [2.05, 4.69) is 5.32 Å². The summed E-state index contributed by atoms with van der Waals surface area (Å²) < 4.78 is 5.23. The first-order chi connectivity index (χ1) is 9.60. The second-order valence-electron chi connectivity index (χ2n) is 4.85. The van der Waals surface area contributed by atoms with Crippen molar-refractivity contribution in [3.05, 3.63) is 64.7 Å². The summed E-state index contributed by atoms with van der Waals surface area (Å²) in [5.41, 5.74) is 3.92. The van der Waals surface area contributed by atoms with Crippen LogP contribution in [0.15, 0.2) is 42.5 Å². The van der Waals surface area contributed by atoms with Crippen LogP contribution in [0, 0.1) is 13.8 Å². The minimum atomic E-state index is -0.0936. The van der Waals surface area contributed by atoms with Crippen LogP contribution in [0.25, 0.3) is 0 Å². The Morgan fingerprint density at radius 1 is 1.10 bits per heavy atom. The van der Waals surface area contributed by atoms with Gasteiger partial charge in [0, 0.05) is 12.1 Å². The zero-order valence-corrected chi connectivity index (χ0v) is 12.1. The number of amides is 1. The van der Waals surface area contributed by atoms with Crippen molar-refractivity contribution in [2.45, 2.75) is 20.4 Å². The number of nitrogens with one attached hydrogen (secondary N) is 1. The van der Waals surface area contributed by atoms with Crippen LogP contribution < -0.4 is 10.1 Å². The van der Waals surface area contributed by atoms with E-state index < -0.39 is 0 Å². The molecule has 0 atom stereocenters. The maximum atomic E-state index is 12.1. The lowest BCUT2D eigenvalue weighted by Gasteiger charge is -2.09. The van der Waals surface area contributed by atoms with Crippen molar-refractivity contribution >= 4 is 5.91 Å².